The zero-order valence-electron chi connectivity index (χ0n) is 10.5. The molecular weight excluding hydrogens is 252 g/mol. The van der Waals surface area contributed by atoms with Crippen molar-refractivity contribution in [2.45, 2.75) is 32.9 Å². The second-order valence-electron chi connectivity index (χ2n) is 4.02. The maximum atomic E-state index is 11.9. The zero-order chi connectivity index (χ0) is 13.5. The highest BCUT2D eigenvalue weighted by atomic mass is 32.1. The molecule has 1 atom stereocenters. The van der Waals surface area contributed by atoms with Crippen LogP contribution >= 0.6 is 11.3 Å². The molecule has 1 aromatic rings. The molecule has 0 radical (unpaired) electrons. The number of rotatable bonds is 6. The lowest BCUT2D eigenvalue weighted by molar-refractivity contribution is -0.138. The third-order valence-electron chi connectivity index (χ3n) is 2.63. The molecule has 2 N–H and O–H groups in total. The van der Waals surface area contributed by atoms with Crippen molar-refractivity contribution in [3.8, 4) is 0 Å². The smallest absolute Gasteiger partial charge is 0.317 e. The van der Waals surface area contributed by atoms with Gasteiger partial charge in [0.2, 0.25) is 0 Å². The van der Waals surface area contributed by atoms with E-state index in [-0.39, 0.29) is 18.5 Å². The molecule has 0 saturated carbocycles. The van der Waals surface area contributed by atoms with Crippen molar-refractivity contribution in [3.05, 3.63) is 22.4 Å². The SMILES string of the molecule is CCN(C(=O)NCc1ccsc1)C(C)CC(=O)O. The number of thiophene rings is 1. The van der Waals surface area contributed by atoms with Gasteiger partial charge < -0.3 is 15.3 Å². The van der Waals surface area contributed by atoms with E-state index in [0.29, 0.717) is 13.1 Å². The van der Waals surface area contributed by atoms with Gasteiger partial charge in [0.1, 0.15) is 0 Å². The van der Waals surface area contributed by atoms with Gasteiger partial charge in [0.15, 0.2) is 0 Å². The molecule has 1 rings (SSSR count). The van der Waals surface area contributed by atoms with Crippen molar-refractivity contribution in [3.63, 3.8) is 0 Å². The summed E-state index contributed by atoms with van der Waals surface area (Å²) in [5.74, 6) is -0.897. The number of carboxylic acids is 1. The van der Waals surface area contributed by atoms with Crippen molar-refractivity contribution >= 4 is 23.3 Å². The number of amides is 2. The van der Waals surface area contributed by atoms with E-state index >= 15 is 0 Å². The lowest BCUT2D eigenvalue weighted by Gasteiger charge is -2.27. The van der Waals surface area contributed by atoms with Gasteiger partial charge in [0, 0.05) is 19.1 Å². The summed E-state index contributed by atoms with van der Waals surface area (Å²) in [4.78, 5) is 24.1. The van der Waals surface area contributed by atoms with Gasteiger partial charge in [-0.05, 0) is 36.2 Å². The van der Waals surface area contributed by atoms with Crippen molar-refractivity contribution in [2.24, 2.45) is 0 Å². The van der Waals surface area contributed by atoms with Crippen LogP contribution in [0.1, 0.15) is 25.8 Å². The first kappa shape index (κ1) is 14.5. The molecular formula is C12H18N2O3S. The predicted molar refractivity (Wildman–Crippen MR) is 70.6 cm³/mol. The number of carbonyl (C=O) groups is 2. The first-order chi connectivity index (χ1) is 8.54. The summed E-state index contributed by atoms with van der Waals surface area (Å²) in [7, 11) is 0. The van der Waals surface area contributed by atoms with Gasteiger partial charge >= 0.3 is 12.0 Å². The molecule has 0 spiro atoms. The first-order valence-corrected chi connectivity index (χ1v) is 6.76. The minimum Gasteiger partial charge on any atom is -0.481 e. The Balaban J connectivity index is 2.48. The second kappa shape index (κ2) is 7.00. The quantitative estimate of drug-likeness (QED) is 0.832. The fourth-order valence-electron chi connectivity index (χ4n) is 1.69. The van der Waals surface area contributed by atoms with Crippen LogP contribution in [-0.2, 0) is 11.3 Å². The summed E-state index contributed by atoms with van der Waals surface area (Å²) in [5, 5.41) is 15.4. The minimum absolute atomic E-state index is 0.0420. The van der Waals surface area contributed by atoms with Crippen LogP contribution in [0.3, 0.4) is 0 Å². The van der Waals surface area contributed by atoms with Crippen LogP contribution in [0.5, 0.6) is 0 Å². The van der Waals surface area contributed by atoms with E-state index in [1.807, 2.05) is 23.8 Å². The fraction of sp³-hybridized carbons (Fsp3) is 0.500. The van der Waals surface area contributed by atoms with Crippen LogP contribution in [-0.4, -0.2) is 34.6 Å². The van der Waals surface area contributed by atoms with E-state index in [9.17, 15) is 9.59 Å². The molecule has 0 bridgehead atoms. The Morgan fingerprint density at radius 1 is 1.56 bits per heavy atom. The van der Waals surface area contributed by atoms with Gasteiger partial charge in [-0.1, -0.05) is 0 Å². The van der Waals surface area contributed by atoms with Crippen LogP contribution in [0.25, 0.3) is 0 Å². The number of aliphatic carboxylic acids is 1. The molecule has 2 amide bonds. The fourth-order valence-corrected chi connectivity index (χ4v) is 2.36. The number of carboxylic acid groups (broad SMARTS) is 1. The topological polar surface area (TPSA) is 69.6 Å². The summed E-state index contributed by atoms with van der Waals surface area (Å²) in [6, 6.07) is 1.41. The van der Waals surface area contributed by atoms with Crippen molar-refractivity contribution in [2.75, 3.05) is 6.54 Å². The van der Waals surface area contributed by atoms with E-state index in [0.717, 1.165) is 5.56 Å². The van der Waals surface area contributed by atoms with Crippen molar-refractivity contribution in [1.82, 2.24) is 10.2 Å². The largest absolute Gasteiger partial charge is 0.481 e. The van der Waals surface area contributed by atoms with Gasteiger partial charge in [-0.2, -0.15) is 11.3 Å². The Kier molecular flexibility index (Phi) is 5.64. The third kappa shape index (κ3) is 4.37. The highest BCUT2D eigenvalue weighted by Gasteiger charge is 2.20. The molecule has 1 unspecified atom stereocenters. The lowest BCUT2D eigenvalue weighted by Crippen LogP contribution is -2.45. The summed E-state index contributed by atoms with van der Waals surface area (Å²) in [6.07, 6.45) is -0.0420. The van der Waals surface area contributed by atoms with E-state index in [2.05, 4.69) is 5.32 Å². The number of carbonyl (C=O) groups excluding carboxylic acids is 1. The molecule has 0 aromatic carbocycles. The number of nitrogens with zero attached hydrogens (tertiary/aromatic N) is 1. The van der Waals surface area contributed by atoms with Crippen molar-refractivity contribution in [1.29, 1.82) is 0 Å². The molecule has 0 aliphatic rings. The number of nitrogens with one attached hydrogen (secondary N) is 1. The summed E-state index contributed by atoms with van der Waals surface area (Å²) < 4.78 is 0. The molecule has 100 valence electrons. The average molecular weight is 270 g/mol. The molecule has 18 heavy (non-hydrogen) atoms. The second-order valence-corrected chi connectivity index (χ2v) is 4.80. The minimum atomic E-state index is -0.897. The number of urea groups is 1. The Bertz CT molecular complexity index is 392. The van der Waals surface area contributed by atoms with Gasteiger partial charge in [-0.25, -0.2) is 4.79 Å². The number of hydrogen-bond acceptors (Lipinski definition) is 3. The molecule has 0 aliphatic carbocycles. The van der Waals surface area contributed by atoms with Gasteiger partial charge in [0.05, 0.1) is 6.42 Å². The zero-order valence-corrected chi connectivity index (χ0v) is 11.4. The molecule has 0 saturated heterocycles. The Morgan fingerprint density at radius 3 is 2.78 bits per heavy atom. The summed E-state index contributed by atoms with van der Waals surface area (Å²) >= 11 is 1.58. The Hall–Kier alpha value is -1.56. The van der Waals surface area contributed by atoms with Crippen LogP contribution in [0.2, 0.25) is 0 Å². The standard InChI is InChI=1S/C12H18N2O3S/c1-3-14(9(2)6-11(15)16)12(17)13-7-10-4-5-18-8-10/h4-5,8-9H,3,6-7H2,1-2H3,(H,13,17)(H,15,16). The van der Waals surface area contributed by atoms with Gasteiger partial charge in [-0.3, -0.25) is 4.79 Å². The monoisotopic (exact) mass is 270 g/mol. The van der Waals surface area contributed by atoms with Crippen LogP contribution < -0.4 is 5.32 Å². The van der Waals surface area contributed by atoms with E-state index < -0.39 is 5.97 Å². The molecule has 0 fully saturated rings. The molecule has 0 aliphatic heterocycles. The Morgan fingerprint density at radius 2 is 2.28 bits per heavy atom. The maximum absolute atomic E-state index is 11.9. The first-order valence-electron chi connectivity index (χ1n) is 5.82. The lowest BCUT2D eigenvalue weighted by atomic mass is 10.2. The predicted octanol–water partition coefficient (Wildman–Crippen LogP) is 2.14. The van der Waals surface area contributed by atoms with Crippen molar-refractivity contribution < 1.29 is 14.7 Å². The van der Waals surface area contributed by atoms with Crippen LogP contribution in [0.15, 0.2) is 16.8 Å². The van der Waals surface area contributed by atoms with E-state index in [4.69, 9.17) is 5.11 Å². The maximum Gasteiger partial charge on any atom is 0.317 e. The molecule has 1 aromatic heterocycles. The highest BCUT2D eigenvalue weighted by molar-refractivity contribution is 7.07. The number of hydrogen-bond donors (Lipinski definition) is 2. The van der Waals surface area contributed by atoms with Gasteiger partial charge in [-0.15, -0.1) is 0 Å². The van der Waals surface area contributed by atoms with Crippen LogP contribution in [0, 0.1) is 0 Å². The van der Waals surface area contributed by atoms with E-state index in [1.165, 1.54) is 4.90 Å². The normalized spacial score (nSPS) is 11.9. The summed E-state index contributed by atoms with van der Waals surface area (Å²) in [5.41, 5.74) is 1.05. The molecule has 5 nitrogen and oxygen atoms in total. The molecule has 6 heteroatoms. The molecule has 1 heterocycles. The van der Waals surface area contributed by atoms with E-state index in [1.54, 1.807) is 18.3 Å². The summed E-state index contributed by atoms with van der Waals surface area (Å²) in [6.45, 7) is 4.53. The third-order valence-corrected chi connectivity index (χ3v) is 3.36. The van der Waals surface area contributed by atoms with Gasteiger partial charge in [0.25, 0.3) is 0 Å². The van der Waals surface area contributed by atoms with Crippen LogP contribution in [0.4, 0.5) is 4.79 Å². The Labute approximate surface area is 110 Å². The highest BCUT2D eigenvalue weighted by Crippen LogP contribution is 2.07. The average Bonchev–Trinajstić information content (AvgIpc) is 2.79.